The first kappa shape index (κ1) is 11.7. The highest BCUT2D eigenvalue weighted by molar-refractivity contribution is 5.73. The van der Waals surface area contributed by atoms with Gasteiger partial charge in [0.05, 0.1) is 29.5 Å². The van der Waals surface area contributed by atoms with E-state index in [1.54, 1.807) is 12.5 Å². The molecule has 0 spiro atoms. The van der Waals surface area contributed by atoms with Crippen molar-refractivity contribution < 1.29 is 0 Å². The average molecular weight is 254 g/mol. The molecule has 0 aliphatic carbocycles. The summed E-state index contributed by atoms with van der Waals surface area (Å²) in [5.41, 5.74) is 2.75. The third kappa shape index (κ3) is 2.58. The summed E-state index contributed by atoms with van der Waals surface area (Å²) in [4.78, 5) is 8.93. The van der Waals surface area contributed by atoms with Gasteiger partial charge in [-0.25, -0.2) is 4.98 Å². The van der Waals surface area contributed by atoms with Crippen LogP contribution in [0.2, 0.25) is 0 Å². The van der Waals surface area contributed by atoms with Crippen molar-refractivity contribution in [3.8, 4) is 0 Å². The molecule has 0 amide bonds. The van der Waals surface area contributed by atoms with Gasteiger partial charge in [0.1, 0.15) is 12.2 Å². The van der Waals surface area contributed by atoms with Crippen LogP contribution in [0.25, 0.3) is 11.0 Å². The molecular formula is C13H14N6. The van der Waals surface area contributed by atoms with Gasteiger partial charge in [0.25, 0.3) is 0 Å². The summed E-state index contributed by atoms with van der Waals surface area (Å²) in [5, 5.41) is 11.1. The molecule has 96 valence electrons. The van der Waals surface area contributed by atoms with Crippen LogP contribution < -0.4 is 5.32 Å². The molecule has 2 aromatic heterocycles. The Morgan fingerprint density at radius 2 is 2.00 bits per heavy atom. The number of nitrogens with zero attached hydrogens (tertiary/aromatic N) is 5. The number of hydrogen-bond donors (Lipinski definition) is 1. The van der Waals surface area contributed by atoms with E-state index in [1.807, 2.05) is 35.9 Å². The summed E-state index contributed by atoms with van der Waals surface area (Å²) in [5.74, 6) is 0.897. The van der Waals surface area contributed by atoms with Crippen LogP contribution in [0.3, 0.4) is 0 Å². The molecule has 2 heterocycles. The van der Waals surface area contributed by atoms with Gasteiger partial charge in [0, 0.05) is 13.6 Å². The van der Waals surface area contributed by atoms with E-state index < -0.39 is 0 Å². The minimum absolute atomic E-state index is 0.657. The van der Waals surface area contributed by atoms with E-state index in [0.717, 1.165) is 22.6 Å². The molecule has 3 aromatic rings. The molecule has 0 saturated carbocycles. The van der Waals surface area contributed by atoms with E-state index in [2.05, 4.69) is 25.5 Å². The van der Waals surface area contributed by atoms with Gasteiger partial charge in [-0.3, -0.25) is 4.98 Å². The fourth-order valence-corrected chi connectivity index (χ4v) is 1.85. The number of benzene rings is 1. The zero-order chi connectivity index (χ0) is 13.1. The van der Waals surface area contributed by atoms with Crippen LogP contribution in [0, 0.1) is 0 Å². The van der Waals surface area contributed by atoms with E-state index in [0.29, 0.717) is 13.1 Å². The van der Waals surface area contributed by atoms with Crippen LogP contribution in [0.15, 0.2) is 36.8 Å². The molecule has 19 heavy (non-hydrogen) atoms. The van der Waals surface area contributed by atoms with Crippen molar-refractivity contribution in [2.75, 3.05) is 0 Å². The molecule has 6 heteroatoms. The Bertz CT molecular complexity index is 690. The molecule has 0 atom stereocenters. The van der Waals surface area contributed by atoms with Gasteiger partial charge in [-0.05, 0) is 12.1 Å². The van der Waals surface area contributed by atoms with Crippen molar-refractivity contribution in [3.05, 3.63) is 48.3 Å². The van der Waals surface area contributed by atoms with Gasteiger partial charge < -0.3 is 9.88 Å². The van der Waals surface area contributed by atoms with Gasteiger partial charge in [0.2, 0.25) is 0 Å². The number of nitrogens with one attached hydrogen (secondary N) is 1. The molecule has 0 fully saturated rings. The number of aryl methyl sites for hydroxylation is 1. The molecule has 6 nitrogen and oxygen atoms in total. The fourth-order valence-electron chi connectivity index (χ4n) is 1.85. The van der Waals surface area contributed by atoms with Crippen molar-refractivity contribution in [3.63, 3.8) is 0 Å². The smallest absolute Gasteiger partial charge is 0.146 e. The van der Waals surface area contributed by atoms with Gasteiger partial charge in [0.15, 0.2) is 0 Å². The van der Waals surface area contributed by atoms with Gasteiger partial charge in [-0.15, -0.1) is 10.2 Å². The summed E-state index contributed by atoms with van der Waals surface area (Å²) in [6.45, 7) is 1.32. The zero-order valence-electron chi connectivity index (χ0n) is 10.6. The zero-order valence-corrected chi connectivity index (χ0v) is 10.6. The number of aromatic nitrogens is 5. The van der Waals surface area contributed by atoms with Crippen LogP contribution in [0.5, 0.6) is 0 Å². The van der Waals surface area contributed by atoms with Crippen LogP contribution in [-0.2, 0) is 20.1 Å². The van der Waals surface area contributed by atoms with Crippen molar-refractivity contribution in [1.82, 2.24) is 30.0 Å². The summed E-state index contributed by atoms with van der Waals surface area (Å²) >= 11 is 0. The van der Waals surface area contributed by atoms with E-state index in [4.69, 9.17) is 0 Å². The molecule has 1 N–H and O–H groups in total. The standard InChI is InChI=1S/C13H14N6/c1-19-9-16-18-13(19)8-14-6-10-7-15-11-4-2-3-5-12(11)17-10/h2-5,7,9,14H,6,8H2,1H3. The van der Waals surface area contributed by atoms with E-state index in [9.17, 15) is 0 Å². The van der Waals surface area contributed by atoms with Crippen LogP contribution in [0.4, 0.5) is 0 Å². The lowest BCUT2D eigenvalue weighted by molar-refractivity contribution is 0.629. The molecule has 3 rings (SSSR count). The van der Waals surface area contributed by atoms with Gasteiger partial charge >= 0.3 is 0 Å². The van der Waals surface area contributed by atoms with Crippen molar-refractivity contribution in [2.24, 2.45) is 7.05 Å². The third-order valence-electron chi connectivity index (χ3n) is 2.89. The summed E-state index contributed by atoms with van der Waals surface area (Å²) in [7, 11) is 1.92. The average Bonchev–Trinajstić information content (AvgIpc) is 2.84. The maximum Gasteiger partial charge on any atom is 0.146 e. The molecule has 1 aromatic carbocycles. The summed E-state index contributed by atoms with van der Waals surface area (Å²) in [6, 6.07) is 7.85. The number of fused-ring (bicyclic) bond motifs is 1. The third-order valence-corrected chi connectivity index (χ3v) is 2.89. The monoisotopic (exact) mass is 254 g/mol. The topological polar surface area (TPSA) is 68.5 Å². The second-order valence-electron chi connectivity index (χ2n) is 4.31. The second-order valence-corrected chi connectivity index (χ2v) is 4.31. The lowest BCUT2D eigenvalue weighted by atomic mass is 10.3. The van der Waals surface area contributed by atoms with Crippen molar-refractivity contribution >= 4 is 11.0 Å². The molecular weight excluding hydrogens is 240 g/mol. The predicted octanol–water partition coefficient (Wildman–Crippen LogP) is 1.05. The lowest BCUT2D eigenvalue weighted by Gasteiger charge is -2.04. The van der Waals surface area contributed by atoms with Crippen molar-refractivity contribution in [2.45, 2.75) is 13.1 Å². The molecule has 0 aliphatic heterocycles. The van der Waals surface area contributed by atoms with E-state index >= 15 is 0 Å². The van der Waals surface area contributed by atoms with Crippen LogP contribution >= 0.6 is 0 Å². The number of para-hydroxylation sites is 2. The molecule has 0 unspecified atom stereocenters. The first-order valence-electron chi connectivity index (χ1n) is 6.07. The minimum atomic E-state index is 0.657. The fraction of sp³-hybridized carbons (Fsp3) is 0.231. The Morgan fingerprint density at radius 3 is 2.79 bits per heavy atom. The highest BCUT2D eigenvalue weighted by Crippen LogP contribution is 2.08. The Kier molecular flexibility index (Phi) is 3.16. The predicted molar refractivity (Wildman–Crippen MR) is 71.1 cm³/mol. The largest absolute Gasteiger partial charge is 0.320 e. The highest BCUT2D eigenvalue weighted by atomic mass is 15.3. The van der Waals surface area contributed by atoms with Crippen LogP contribution in [-0.4, -0.2) is 24.7 Å². The lowest BCUT2D eigenvalue weighted by Crippen LogP contribution is -2.16. The maximum atomic E-state index is 4.55. The van der Waals surface area contributed by atoms with Crippen LogP contribution in [0.1, 0.15) is 11.5 Å². The number of hydrogen-bond acceptors (Lipinski definition) is 5. The Hall–Kier alpha value is -2.34. The summed E-state index contributed by atoms with van der Waals surface area (Å²) in [6.07, 6.45) is 3.48. The molecule has 0 saturated heterocycles. The SMILES string of the molecule is Cn1cnnc1CNCc1cnc2ccccc2n1. The van der Waals surface area contributed by atoms with E-state index in [-0.39, 0.29) is 0 Å². The first-order chi connectivity index (χ1) is 9.33. The number of rotatable bonds is 4. The Labute approximate surface area is 110 Å². The normalized spacial score (nSPS) is 11.0. The molecule has 0 bridgehead atoms. The second kappa shape index (κ2) is 5.11. The van der Waals surface area contributed by atoms with Gasteiger partial charge in [-0.1, -0.05) is 12.1 Å². The van der Waals surface area contributed by atoms with E-state index in [1.165, 1.54) is 0 Å². The minimum Gasteiger partial charge on any atom is -0.320 e. The molecule has 0 radical (unpaired) electrons. The quantitative estimate of drug-likeness (QED) is 0.753. The van der Waals surface area contributed by atoms with Crippen molar-refractivity contribution in [1.29, 1.82) is 0 Å². The summed E-state index contributed by atoms with van der Waals surface area (Å²) < 4.78 is 1.89. The first-order valence-corrected chi connectivity index (χ1v) is 6.07. The maximum absolute atomic E-state index is 4.55. The molecule has 0 aliphatic rings. The highest BCUT2D eigenvalue weighted by Gasteiger charge is 2.02. The van der Waals surface area contributed by atoms with Gasteiger partial charge in [-0.2, -0.15) is 0 Å². The Balaban J connectivity index is 1.67. The Morgan fingerprint density at radius 1 is 1.16 bits per heavy atom.